The summed E-state index contributed by atoms with van der Waals surface area (Å²) in [5, 5.41) is 13.9. The van der Waals surface area contributed by atoms with Gasteiger partial charge in [0.05, 0.1) is 6.61 Å². The summed E-state index contributed by atoms with van der Waals surface area (Å²) in [4.78, 5) is 0. The molecule has 17 heavy (non-hydrogen) atoms. The molecule has 4 heteroatoms. The number of aliphatic hydroxyl groups is 1. The maximum Gasteiger partial charge on any atom is 0.0587 e. The Morgan fingerprint density at radius 3 is 2.35 bits per heavy atom. The molecule has 1 aromatic carbocycles. The van der Waals surface area contributed by atoms with E-state index in [0.717, 1.165) is 5.56 Å². The fourth-order valence-electron chi connectivity index (χ4n) is 1.72. The Hall–Kier alpha value is -0.280. The van der Waals surface area contributed by atoms with Crippen LogP contribution in [0.25, 0.3) is 0 Å². The Kier molecular flexibility index (Phi) is 5.74. The highest BCUT2D eigenvalue weighted by Crippen LogP contribution is 2.26. The minimum Gasteiger partial charge on any atom is -0.395 e. The molecule has 1 unspecified atom stereocenters. The van der Waals surface area contributed by atoms with Gasteiger partial charge < -0.3 is 10.4 Å². The Balaban J connectivity index is 2.78. The molecule has 0 heterocycles. The molecule has 0 saturated carbocycles. The van der Waals surface area contributed by atoms with E-state index in [4.69, 9.17) is 23.2 Å². The van der Waals surface area contributed by atoms with Crippen LogP contribution in [-0.2, 0) is 0 Å². The van der Waals surface area contributed by atoms with E-state index >= 15 is 0 Å². The molecule has 0 bridgehead atoms. The van der Waals surface area contributed by atoms with Gasteiger partial charge in [-0.15, -0.1) is 0 Å². The number of halogens is 2. The molecule has 0 spiro atoms. The monoisotopic (exact) mass is 275 g/mol. The second kappa shape index (κ2) is 6.60. The summed E-state index contributed by atoms with van der Waals surface area (Å²) in [6, 6.07) is 5.62. The van der Waals surface area contributed by atoms with Gasteiger partial charge in [0.15, 0.2) is 0 Å². The SMILES string of the molecule is CC(N[C@H](CO)C(C)C)c1ccc(Cl)cc1Cl. The van der Waals surface area contributed by atoms with Crippen molar-refractivity contribution in [2.45, 2.75) is 32.9 Å². The lowest BCUT2D eigenvalue weighted by Gasteiger charge is -2.25. The molecular formula is C13H19Cl2NO. The molecule has 0 radical (unpaired) electrons. The Morgan fingerprint density at radius 1 is 1.24 bits per heavy atom. The molecule has 0 amide bonds. The topological polar surface area (TPSA) is 32.3 Å². The van der Waals surface area contributed by atoms with E-state index < -0.39 is 0 Å². The van der Waals surface area contributed by atoms with Crippen molar-refractivity contribution in [3.63, 3.8) is 0 Å². The zero-order valence-electron chi connectivity index (χ0n) is 10.4. The Labute approximate surface area is 113 Å². The van der Waals surface area contributed by atoms with Gasteiger partial charge in [-0.1, -0.05) is 43.1 Å². The van der Waals surface area contributed by atoms with Gasteiger partial charge in [-0.2, -0.15) is 0 Å². The van der Waals surface area contributed by atoms with Crippen molar-refractivity contribution in [2.24, 2.45) is 5.92 Å². The molecule has 2 atom stereocenters. The van der Waals surface area contributed by atoms with Crippen molar-refractivity contribution in [3.05, 3.63) is 33.8 Å². The van der Waals surface area contributed by atoms with Gasteiger partial charge in [-0.25, -0.2) is 0 Å². The summed E-state index contributed by atoms with van der Waals surface area (Å²) >= 11 is 12.0. The average Bonchev–Trinajstić information content (AvgIpc) is 2.24. The first kappa shape index (κ1) is 14.8. The van der Waals surface area contributed by atoms with Crippen LogP contribution in [0.4, 0.5) is 0 Å². The highest BCUT2D eigenvalue weighted by Gasteiger charge is 2.17. The molecule has 0 aliphatic rings. The number of nitrogens with one attached hydrogen (secondary N) is 1. The van der Waals surface area contributed by atoms with Crippen molar-refractivity contribution in [2.75, 3.05) is 6.61 Å². The maximum atomic E-state index is 9.29. The number of hydrogen-bond donors (Lipinski definition) is 2. The molecule has 0 saturated heterocycles. The van der Waals surface area contributed by atoms with Crippen molar-refractivity contribution in [1.82, 2.24) is 5.32 Å². The van der Waals surface area contributed by atoms with Gasteiger partial charge >= 0.3 is 0 Å². The van der Waals surface area contributed by atoms with E-state index in [9.17, 15) is 5.11 Å². The van der Waals surface area contributed by atoms with E-state index in [1.54, 1.807) is 6.07 Å². The minimum absolute atomic E-state index is 0.0664. The van der Waals surface area contributed by atoms with Crippen LogP contribution in [0.2, 0.25) is 10.0 Å². The molecule has 96 valence electrons. The standard InChI is InChI=1S/C13H19Cl2NO/c1-8(2)13(7-17)16-9(3)11-5-4-10(14)6-12(11)15/h4-6,8-9,13,16-17H,7H2,1-3H3/t9?,13-/m1/s1. The number of aliphatic hydroxyl groups excluding tert-OH is 1. The third-order valence-electron chi connectivity index (χ3n) is 2.89. The van der Waals surface area contributed by atoms with Crippen molar-refractivity contribution >= 4 is 23.2 Å². The third-order valence-corrected chi connectivity index (χ3v) is 3.46. The Morgan fingerprint density at radius 2 is 1.88 bits per heavy atom. The second-order valence-electron chi connectivity index (χ2n) is 4.59. The van der Waals surface area contributed by atoms with E-state index in [2.05, 4.69) is 19.2 Å². The maximum absolute atomic E-state index is 9.29. The normalized spacial score (nSPS) is 15.0. The molecule has 0 aliphatic carbocycles. The van der Waals surface area contributed by atoms with E-state index in [-0.39, 0.29) is 18.7 Å². The number of hydrogen-bond acceptors (Lipinski definition) is 2. The van der Waals surface area contributed by atoms with Crippen LogP contribution in [0, 0.1) is 5.92 Å². The van der Waals surface area contributed by atoms with Gasteiger partial charge in [-0.05, 0) is 30.5 Å². The van der Waals surface area contributed by atoms with Crippen LogP contribution in [0.5, 0.6) is 0 Å². The summed E-state index contributed by atoms with van der Waals surface area (Å²) in [5.74, 6) is 0.369. The summed E-state index contributed by atoms with van der Waals surface area (Å²) in [5.41, 5.74) is 0.996. The summed E-state index contributed by atoms with van der Waals surface area (Å²) in [6.45, 7) is 6.29. The lowest BCUT2D eigenvalue weighted by Crippen LogP contribution is -2.38. The molecule has 2 nitrogen and oxygen atoms in total. The molecular weight excluding hydrogens is 257 g/mol. The Bertz CT molecular complexity index is 368. The highest BCUT2D eigenvalue weighted by atomic mass is 35.5. The van der Waals surface area contributed by atoms with Gasteiger partial charge in [0, 0.05) is 22.1 Å². The zero-order chi connectivity index (χ0) is 13.0. The van der Waals surface area contributed by atoms with Crippen molar-refractivity contribution in [1.29, 1.82) is 0 Å². The van der Waals surface area contributed by atoms with Crippen LogP contribution in [0.3, 0.4) is 0 Å². The van der Waals surface area contributed by atoms with E-state index in [0.29, 0.717) is 16.0 Å². The summed E-state index contributed by atoms with van der Waals surface area (Å²) < 4.78 is 0. The van der Waals surface area contributed by atoms with Crippen LogP contribution in [-0.4, -0.2) is 17.8 Å². The predicted octanol–water partition coefficient (Wildman–Crippen LogP) is 3.66. The van der Waals surface area contributed by atoms with Crippen LogP contribution >= 0.6 is 23.2 Å². The first-order chi connectivity index (χ1) is 7.95. The fraction of sp³-hybridized carbons (Fsp3) is 0.538. The van der Waals surface area contributed by atoms with Crippen molar-refractivity contribution in [3.8, 4) is 0 Å². The third kappa shape index (κ3) is 4.14. The average molecular weight is 276 g/mol. The molecule has 1 rings (SSSR count). The fourth-order valence-corrected chi connectivity index (χ4v) is 2.29. The van der Waals surface area contributed by atoms with Gasteiger partial charge in [0.2, 0.25) is 0 Å². The largest absolute Gasteiger partial charge is 0.395 e. The van der Waals surface area contributed by atoms with E-state index in [1.165, 1.54) is 0 Å². The van der Waals surface area contributed by atoms with Crippen LogP contribution in [0.1, 0.15) is 32.4 Å². The summed E-state index contributed by atoms with van der Waals surface area (Å²) in [6.07, 6.45) is 0. The number of benzene rings is 1. The highest BCUT2D eigenvalue weighted by molar-refractivity contribution is 6.35. The minimum atomic E-state index is 0.0664. The quantitative estimate of drug-likeness (QED) is 0.860. The summed E-state index contributed by atoms with van der Waals surface area (Å²) in [7, 11) is 0. The predicted molar refractivity (Wildman–Crippen MR) is 73.7 cm³/mol. The molecule has 1 aromatic rings. The van der Waals surface area contributed by atoms with Gasteiger partial charge in [0.1, 0.15) is 0 Å². The molecule has 2 N–H and O–H groups in total. The lowest BCUT2D eigenvalue weighted by atomic mass is 10.0. The lowest BCUT2D eigenvalue weighted by molar-refractivity contribution is 0.201. The van der Waals surface area contributed by atoms with Crippen LogP contribution < -0.4 is 5.32 Å². The molecule has 0 aliphatic heterocycles. The second-order valence-corrected chi connectivity index (χ2v) is 5.43. The first-order valence-electron chi connectivity index (χ1n) is 5.77. The van der Waals surface area contributed by atoms with E-state index in [1.807, 2.05) is 19.1 Å². The molecule has 0 fully saturated rings. The first-order valence-corrected chi connectivity index (χ1v) is 6.53. The molecule has 0 aromatic heterocycles. The van der Waals surface area contributed by atoms with Gasteiger partial charge in [0.25, 0.3) is 0 Å². The smallest absolute Gasteiger partial charge is 0.0587 e. The van der Waals surface area contributed by atoms with Gasteiger partial charge in [-0.3, -0.25) is 0 Å². The number of rotatable bonds is 5. The van der Waals surface area contributed by atoms with Crippen LogP contribution in [0.15, 0.2) is 18.2 Å². The van der Waals surface area contributed by atoms with Crippen molar-refractivity contribution < 1.29 is 5.11 Å². The zero-order valence-corrected chi connectivity index (χ0v) is 11.9.